The number of ether oxygens (including phenoxy) is 1. The van der Waals surface area contributed by atoms with Crippen LogP contribution in [0.3, 0.4) is 0 Å². The number of rotatable bonds is 8. The lowest BCUT2D eigenvalue weighted by molar-refractivity contribution is -0.137. The number of carbonyl (C=O) groups is 1. The second kappa shape index (κ2) is 13.3. The highest BCUT2D eigenvalue weighted by molar-refractivity contribution is 7.23. The van der Waals surface area contributed by atoms with E-state index in [2.05, 4.69) is 15.0 Å². The summed E-state index contributed by atoms with van der Waals surface area (Å²) in [7, 11) is 0. The molecule has 2 aromatic carbocycles. The monoisotopic (exact) mass is 770 g/mol. The van der Waals surface area contributed by atoms with Gasteiger partial charge in [-0.05, 0) is 50.4 Å². The molecule has 282 valence electrons. The number of fused-ring (bicyclic) bond motifs is 3. The van der Waals surface area contributed by atoms with Gasteiger partial charge in [-0.15, -0.1) is 11.3 Å². The molecule has 0 saturated carbocycles. The molecule has 3 aliphatic heterocycles. The number of aromatic nitrogens is 3. The van der Waals surface area contributed by atoms with E-state index < -0.39 is 63.7 Å². The molecule has 54 heavy (non-hydrogen) atoms. The van der Waals surface area contributed by atoms with Crippen LogP contribution in [0, 0.1) is 23.0 Å². The number of carbonyl (C=O) groups excluding carboxylic acids is 1. The number of thiophene rings is 1. The maximum absolute atomic E-state index is 17.3. The first-order valence-electron chi connectivity index (χ1n) is 17.3. The van der Waals surface area contributed by atoms with Crippen LogP contribution in [0.4, 0.5) is 37.2 Å². The number of hydrogen-bond donors (Lipinski definition) is 1. The Morgan fingerprint density at radius 1 is 1.24 bits per heavy atom. The number of nitrogens with two attached hydrogens (primary N) is 1. The van der Waals surface area contributed by atoms with E-state index in [1.54, 1.807) is 11.8 Å². The van der Waals surface area contributed by atoms with E-state index in [-0.39, 0.29) is 83.0 Å². The smallest absolute Gasteiger partial charge is 0.417 e. The molecule has 1 amide bonds. The van der Waals surface area contributed by atoms with Crippen molar-refractivity contribution in [1.82, 2.24) is 24.8 Å². The average Bonchev–Trinajstić information content (AvgIpc) is 3.97. The Morgan fingerprint density at radius 2 is 2.06 bits per heavy atom. The molecule has 11 nitrogen and oxygen atoms in total. The maximum Gasteiger partial charge on any atom is 0.417 e. The summed E-state index contributed by atoms with van der Waals surface area (Å²) >= 11 is 0.670. The zero-order chi connectivity index (χ0) is 38.1. The summed E-state index contributed by atoms with van der Waals surface area (Å²) in [6, 6.07) is 3.64. The molecule has 6 heterocycles. The number of alkyl halides is 4. The number of likely N-dealkylation sites (tertiary alicyclic amines) is 1. The minimum absolute atomic E-state index is 0.0419. The van der Waals surface area contributed by atoms with Gasteiger partial charge in [0, 0.05) is 55.0 Å². The number of amides is 1. The molecule has 18 heteroatoms. The van der Waals surface area contributed by atoms with Crippen molar-refractivity contribution in [3.8, 4) is 23.2 Å². The molecule has 3 fully saturated rings. The third-order valence-electron chi connectivity index (χ3n) is 10.7. The van der Waals surface area contributed by atoms with Crippen molar-refractivity contribution < 1.29 is 40.3 Å². The summed E-state index contributed by atoms with van der Waals surface area (Å²) in [5, 5.41) is 9.19. The fraction of sp³-hybridized carbons (Fsp3) is 0.417. The van der Waals surface area contributed by atoms with Crippen molar-refractivity contribution in [1.29, 1.82) is 5.26 Å². The second-order valence-corrected chi connectivity index (χ2v) is 14.8. The van der Waals surface area contributed by atoms with Gasteiger partial charge in [0.15, 0.2) is 5.82 Å². The Kier molecular flexibility index (Phi) is 8.83. The molecule has 3 unspecified atom stereocenters. The molecule has 5 aromatic rings. The SMILES string of the molecule is CCN(c1nc(OCC23CCCN2CC(F)C3)nc2c(F)c(-c3ccc(F)c4sc(N)c(C#N)c34)c(C(F)(F)F)cc12)C1CCN(C(=O)c2ncco2)C1. The van der Waals surface area contributed by atoms with Gasteiger partial charge in [-0.3, -0.25) is 9.69 Å². The standard InChI is InChI=1S/C36H32F6N8O3S/c1-2-50(19-6-10-48(16-19)33(51)32-45-8-11-52-32)31-21-12-23(36(40,41)42)26(20-4-5-24(38)29-25(20)22(14-43)30(44)54-29)27(39)28(21)46-34(47-31)53-17-35-7-3-9-49(35)15-18(37)13-35/h4-5,8,11-12,18-19H,2-3,6-7,9-10,13,15-17,44H2,1H3. The number of likely N-dealkylation sites (N-methyl/N-ethyl adjacent to an activating group) is 1. The second-order valence-electron chi connectivity index (χ2n) is 13.8. The van der Waals surface area contributed by atoms with E-state index >= 15 is 17.6 Å². The normalized spacial score (nSPS) is 21.6. The zero-order valence-electron chi connectivity index (χ0n) is 28.7. The highest BCUT2D eigenvalue weighted by Gasteiger charge is 2.49. The van der Waals surface area contributed by atoms with Crippen LogP contribution in [0.2, 0.25) is 0 Å². The van der Waals surface area contributed by atoms with E-state index in [0.29, 0.717) is 30.7 Å². The molecule has 3 aromatic heterocycles. The number of hydrogen-bond acceptors (Lipinski definition) is 11. The third kappa shape index (κ3) is 5.84. The molecule has 3 saturated heterocycles. The van der Waals surface area contributed by atoms with Crippen LogP contribution in [0.25, 0.3) is 32.1 Å². The van der Waals surface area contributed by atoms with Crippen molar-refractivity contribution in [3.05, 3.63) is 59.3 Å². The molecule has 8 rings (SSSR count). The maximum atomic E-state index is 17.3. The number of nitriles is 1. The van der Waals surface area contributed by atoms with E-state index in [1.807, 2.05) is 11.0 Å². The van der Waals surface area contributed by atoms with Gasteiger partial charge in [0.05, 0.1) is 27.6 Å². The average molecular weight is 771 g/mol. The highest BCUT2D eigenvalue weighted by Crippen LogP contribution is 2.48. The van der Waals surface area contributed by atoms with Crippen molar-refractivity contribution in [2.75, 3.05) is 50.0 Å². The summed E-state index contributed by atoms with van der Waals surface area (Å²) in [5.74, 6) is -2.89. The number of anilines is 2. The Hall–Kier alpha value is -5.15. The molecule has 3 aliphatic rings. The minimum atomic E-state index is -5.15. The lowest BCUT2D eigenvalue weighted by atomic mass is 9.92. The van der Waals surface area contributed by atoms with E-state index in [4.69, 9.17) is 14.9 Å². The minimum Gasteiger partial charge on any atom is -0.461 e. The Morgan fingerprint density at radius 3 is 2.78 bits per heavy atom. The van der Waals surface area contributed by atoms with Crippen LogP contribution in [0.1, 0.15) is 54.4 Å². The van der Waals surface area contributed by atoms with E-state index in [0.717, 1.165) is 24.6 Å². The zero-order valence-corrected chi connectivity index (χ0v) is 29.5. The van der Waals surface area contributed by atoms with Crippen molar-refractivity contribution in [3.63, 3.8) is 0 Å². The molecule has 0 spiro atoms. The number of nitrogen functional groups attached to an aromatic ring is 1. The predicted molar refractivity (Wildman–Crippen MR) is 187 cm³/mol. The van der Waals surface area contributed by atoms with E-state index in [1.165, 1.54) is 17.4 Å². The molecule has 0 radical (unpaired) electrons. The fourth-order valence-corrected chi connectivity index (χ4v) is 9.29. The van der Waals surface area contributed by atoms with Crippen molar-refractivity contribution in [2.45, 2.75) is 56.5 Å². The van der Waals surface area contributed by atoms with Crippen LogP contribution in [-0.2, 0) is 6.18 Å². The first-order chi connectivity index (χ1) is 25.8. The van der Waals surface area contributed by atoms with Crippen LogP contribution in [0.15, 0.2) is 35.1 Å². The molecular formula is C36H32F6N8O3S. The molecule has 2 N–H and O–H groups in total. The number of oxazole rings is 1. The Bertz CT molecular complexity index is 2330. The summed E-state index contributed by atoms with van der Waals surface area (Å²) < 4.78 is 103. The van der Waals surface area contributed by atoms with Crippen LogP contribution in [0.5, 0.6) is 6.01 Å². The summed E-state index contributed by atoms with van der Waals surface area (Å²) in [5.41, 5.74) is 1.78. The van der Waals surface area contributed by atoms with E-state index in [9.17, 15) is 18.8 Å². The first-order valence-corrected chi connectivity index (χ1v) is 18.1. The van der Waals surface area contributed by atoms with Gasteiger partial charge in [0.25, 0.3) is 5.89 Å². The van der Waals surface area contributed by atoms with Gasteiger partial charge in [0.1, 0.15) is 47.3 Å². The lowest BCUT2D eigenvalue weighted by Crippen LogP contribution is -2.43. The Balaban J connectivity index is 1.31. The summed E-state index contributed by atoms with van der Waals surface area (Å²) in [6.07, 6.45) is -1.56. The van der Waals surface area contributed by atoms with Crippen LogP contribution >= 0.6 is 11.3 Å². The van der Waals surface area contributed by atoms with Crippen LogP contribution in [-0.4, -0.2) is 87.7 Å². The highest BCUT2D eigenvalue weighted by atomic mass is 32.1. The molecule has 3 atom stereocenters. The van der Waals surface area contributed by atoms with Gasteiger partial charge >= 0.3 is 18.1 Å². The van der Waals surface area contributed by atoms with Gasteiger partial charge in [-0.2, -0.15) is 28.4 Å². The van der Waals surface area contributed by atoms with Crippen molar-refractivity contribution >= 4 is 49.1 Å². The third-order valence-corrected chi connectivity index (χ3v) is 11.8. The first kappa shape index (κ1) is 35.9. The van der Waals surface area contributed by atoms with Gasteiger partial charge in [-0.25, -0.2) is 18.2 Å². The topological polar surface area (TPSA) is 138 Å². The fourth-order valence-electron chi connectivity index (χ4n) is 8.34. The summed E-state index contributed by atoms with van der Waals surface area (Å²) in [6.45, 7) is 3.20. The van der Waals surface area contributed by atoms with Crippen molar-refractivity contribution in [2.24, 2.45) is 0 Å². The molecule has 0 bridgehead atoms. The largest absolute Gasteiger partial charge is 0.461 e. The van der Waals surface area contributed by atoms with Crippen LogP contribution < -0.4 is 15.4 Å². The van der Waals surface area contributed by atoms with Gasteiger partial charge in [-0.1, -0.05) is 6.07 Å². The molecule has 0 aliphatic carbocycles. The number of benzene rings is 2. The predicted octanol–water partition coefficient (Wildman–Crippen LogP) is 6.95. The van der Waals surface area contributed by atoms with Gasteiger partial charge < -0.3 is 24.7 Å². The Labute approximate surface area is 307 Å². The quantitative estimate of drug-likeness (QED) is 0.165. The number of nitrogens with zero attached hydrogens (tertiary/aromatic N) is 7. The lowest BCUT2D eigenvalue weighted by Gasteiger charge is -2.32. The number of halogens is 6. The summed E-state index contributed by atoms with van der Waals surface area (Å²) in [4.78, 5) is 31.1. The van der Waals surface area contributed by atoms with Gasteiger partial charge in [0.2, 0.25) is 0 Å². The molecular weight excluding hydrogens is 739 g/mol.